The molecule has 1 atom stereocenters. The van der Waals surface area contributed by atoms with Gasteiger partial charge in [0.25, 0.3) is 0 Å². The van der Waals surface area contributed by atoms with Crippen molar-refractivity contribution < 1.29 is 9.59 Å². The summed E-state index contributed by atoms with van der Waals surface area (Å²) >= 11 is 0. The monoisotopic (exact) mass is 445 g/mol. The highest BCUT2D eigenvalue weighted by molar-refractivity contribution is 5.89. The molecule has 0 aromatic rings. The van der Waals surface area contributed by atoms with Crippen molar-refractivity contribution in [1.29, 1.82) is 5.26 Å². The first-order valence-electron chi connectivity index (χ1n) is 12.0. The summed E-state index contributed by atoms with van der Waals surface area (Å²) in [4.78, 5) is 35.9. The van der Waals surface area contributed by atoms with Crippen molar-refractivity contribution in [3.05, 3.63) is 0 Å². The number of nitriles is 1. The van der Waals surface area contributed by atoms with Crippen LogP contribution in [0.3, 0.4) is 0 Å². The van der Waals surface area contributed by atoms with Crippen molar-refractivity contribution in [2.45, 2.75) is 74.1 Å². The Morgan fingerprint density at radius 1 is 1.03 bits per heavy atom. The maximum atomic E-state index is 13.3. The van der Waals surface area contributed by atoms with Crippen LogP contribution in [0.5, 0.6) is 0 Å². The Hall–Kier alpha value is -2.10. The fraction of sp³-hybridized carbons (Fsp3) is 0.840. The van der Waals surface area contributed by atoms with Crippen LogP contribution in [0, 0.1) is 33.6 Å². The number of hydrogen-bond donors (Lipinski definition) is 0. The molecular weight excluding hydrogens is 402 g/mol. The van der Waals surface area contributed by atoms with Gasteiger partial charge in [-0.1, -0.05) is 48.5 Å². The standard InChI is InChI=1S/C25H43N5O2/c1-23(2,3)21(31)28(8)15-11-24(4,5)22(32)30-14-10-19(17-30)16-25(6,7)20(27-18-26)29-12-9-13-29/h19H,9-17H2,1-8H3. The van der Waals surface area contributed by atoms with Crippen LogP contribution in [0.1, 0.15) is 74.1 Å². The highest BCUT2D eigenvalue weighted by Crippen LogP contribution is 2.36. The lowest BCUT2D eigenvalue weighted by Crippen LogP contribution is -2.49. The molecule has 2 amide bonds. The molecule has 2 fully saturated rings. The molecule has 2 rings (SSSR count). The van der Waals surface area contributed by atoms with Gasteiger partial charge in [-0.05, 0) is 31.6 Å². The van der Waals surface area contributed by atoms with Crippen molar-refractivity contribution in [1.82, 2.24) is 14.7 Å². The van der Waals surface area contributed by atoms with Crippen LogP contribution in [-0.2, 0) is 9.59 Å². The first-order valence-corrected chi connectivity index (χ1v) is 12.0. The Balaban J connectivity index is 1.94. The summed E-state index contributed by atoms with van der Waals surface area (Å²) in [6.07, 6.45) is 5.68. The zero-order chi connectivity index (χ0) is 24.3. The molecular formula is C25H43N5O2. The quantitative estimate of drug-likeness (QED) is 0.339. The summed E-state index contributed by atoms with van der Waals surface area (Å²) < 4.78 is 0. The molecule has 0 aliphatic carbocycles. The zero-order valence-corrected chi connectivity index (χ0v) is 21.5. The van der Waals surface area contributed by atoms with Gasteiger partial charge in [0.05, 0.1) is 0 Å². The lowest BCUT2D eigenvalue weighted by atomic mass is 9.80. The van der Waals surface area contributed by atoms with Gasteiger partial charge in [-0.3, -0.25) is 9.59 Å². The van der Waals surface area contributed by atoms with E-state index in [1.807, 2.05) is 52.8 Å². The van der Waals surface area contributed by atoms with Crippen LogP contribution < -0.4 is 0 Å². The second kappa shape index (κ2) is 9.80. The second-order valence-electron chi connectivity index (χ2n) is 12.0. The van der Waals surface area contributed by atoms with E-state index >= 15 is 0 Å². The van der Waals surface area contributed by atoms with Gasteiger partial charge in [-0.25, -0.2) is 0 Å². The Labute approximate surface area is 194 Å². The van der Waals surface area contributed by atoms with E-state index in [-0.39, 0.29) is 17.2 Å². The molecule has 0 aromatic carbocycles. The number of amidine groups is 1. The Morgan fingerprint density at radius 2 is 1.66 bits per heavy atom. The van der Waals surface area contributed by atoms with Gasteiger partial charge < -0.3 is 14.7 Å². The average molecular weight is 446 g/mol. The summed E-state index contributed by atoms with van der Waals surface area (Å²) in [6.45, 7) is 18.1. The summed E-state index contributed by atoms with van der Waals surface area (Å²) in [6, 6.07) is 0. The molecule has 2 aliphatic heterocycles. The number of nitrogens with zero attached hydrogens (tertiary/aromatic N) is 5. The lowest BCUT2D eigenvalue weighted by molar-refractivity contribution is -0.142. The molecule has 2 saturated heterocycles. The molecule has 0 spiro atoms. The highest BCUT2D eigenvalue weighted by Gasteiger charge is 2.40. The number of carbonyl (C=O) groups is 2. The number of rotatable bonds is 7. The molecule has 7 nitrogen and oxygen atoms in total. The van der Waals surface area contributed by atoms with Crippen molar-refractivity contribution in [2.24, 2.45) is 27.2 Å². The molecule has 2 aliphatic rings. The van der Waals surface area contributed by atoms with Gasteiger partial charge in [0.15, 0.2) is 0 Å². The summed E-state index contributed by atoms with van der Waals surface area (Å²) in [7, 11) is 1.82. The van der Waals surface area contributed by atoms with Crippen LogP contribution in [-0.4, -0.2) is 72.1 Å². The molecule has 1 unspecified atom stereocenters. The highest BCUT2D eigenvalue weighted by atomic mass is 16.2. The number of amides is 2. The third-order valence-electron chi connectivity index (χ3n) is 6.93. The van der Waals surface area contributed by atoms with Gasteiger partial charge in [0.2, 0.25) is 18.0 Å². The molecule has 2 heterocycles. The predicted octanol–water partition coefficient (Wildman–Crippen LogP) is 3.76. The maximum absolute atomic E-state index is 13.3. The average Bonchev–Trinajstić information content (AvgIpc) is 3.09. The third kappa shape index (κ3) is 6.24. The Bertz CT molecular complexity index is 768. The molecule has 0 aromatic heterocycles. The predicted molar refractivity (Wildman–Crippen MR) is 128 cm³/mol. The molecule has 0 radical (unpaired) electrons. The van der Waals surface area contributed by atoms with Gasteiger partial charge in [-0.15, -0.1) is 0 Å². The minimum Gasteiger partial charge on any atom is -0.359 e. The SMILES string of the molecule is CN(CCC(C)(C)C(=O)N1CCC(CC(C)(C)C(=NC#N)N2CCC2)C1)C(=O)C(C)(C)C. The molecule has 32 heavy (non-hydrogen) atoms. The zero-order valence-electron chi connectivity index (χ0n) is 21.5. The Kier molecular flexibility index (Phi) is 8.01. The number of likely N-dealkylation sites (tertiary alicyclic amines) is 2. The Morgan fingerprint density at radius 3 is 2.16 bits per heavy atom. The van der Waals surface area contributed by atoms with E-state index in [0.29, 0.717) is 18.9 Å². The summed E-state index contributed by atoms with van der Waals surface area (Å²) in [5.74, 6) is 1.56. The fourth-order valence-corrected chi connectivity index (χ4v) is 4.88. The van der Waals surface area contributed by atoms with E-state index in [1.54, 1.807) is 4.90 Å². The summed E-state index contributed by atoms with van der Waals surface area (Å²) in [5, 5.41) is 9.16. The van der Waals surface area contributed by atoms with Crippen LogP contribution in [0.4, 0.5) is 0 Å². The molecule has 0 N–H and O–H groups in total. The molecule has 7 heteroatoms. The molecule has 180 valence electrons. The smallest absolute Gasteiger partial charge is 0.228 e. The number of hydrogen-bond acceptors (Lipinski definition) is 4. The van der Waals surface area contributed by atoms with Crippen LogP contribution in [0.15, 0.2) is 4.99 Å². The van der Waals surface area contributed by atoms with Crippen molar-refractivity contribution in [2.75, 3.05) is 39.8 Å². The van der Waals surface area contributed by atoms with Gasteiger partial charge in [-0.2, -0.15) is 10.3 Å². The van der Waals surface area contributed by atoms with E-state index in [2.05, 4.69) is 23.7 Å². The van der Waals surface area contributed by atoms with Gasteiger partial charge >= 0.3 is 0 Å². The van der Waals surface area contributed by atoms with Gasteiger partial charge in [0, 0.05) is 56.0 Å². The van der Waals surface area contributed by atoms with Crippen LogP contribution >= 0.6 is 0 Å². The summed E-state index contributed by atoms with van der Waals surface area (Å²) in [5.41, 5.74) is -1.12. The topological polar surface area (TPSA) is 80.0 Å². The van der Waals surface area contributed by atoms with E-state index in [4.69, 9.17) is 5.26 Å². The fourth-order valence-electron chi connectivity index (χ4n) is 4.88. The minimum absolute atomic E-state index is 0.0984. The largest absolute Gasteiger partial charge is 0.359 e. The maximum Gasteiger partial charge on any atom is 0.228 e. The number of aliphatic imine (C=N–C) groups is 1. The number of carbonyl (C=O) groups excluding carboxylic acids is 2. The minimum atomic E-state index is -0.512. The van der Waals surface area contributed by atoms with Crippen molar-refractivity contribution in [3.63, 3.8) is 0 Å². The second-order valence-corrected chi connectivity index (χ2v) is 12.0. The van der Waals surface area contributed by atoms with E-state index in [9.17, 15) is 9.59 Å². The van der Waals surface area contributed by atoms with Crippen LogP contribution in [0.2, 0.25) is 0 Å². The van der Waals surface area contributed by atoms with E-state index in [0.717, 1.165) is 51.3 Å². The molecule has 0 bridgehead atoms. The molecule has 0 saturated carbocycles. The normalized spacial score (nSPS) is 20.1. The van der Waals surface area contributed by atoms with E-state index < -0.39 is 10.8 Å². The lowest BCUT2D eigenvalue weighted by Gasteiger charge is -2.41. The van der Waals surface area contributed by atoms with E-state index in [1.165, 1.54) is 0 Å². The van der Waals surface area contributed by atoms with Gasteiger partial charge in [0.1, 0.15) is 5.84 Å². The van der Waals surface area contributed by atoms with Crippen molar-refractivity contribution in [3.8, 4) is 6.19 Å². The third-order valence-corrected chi connectivity index (χ3v) is 6.93. The first kappa shape index (κ1) is 26.2. The first-order chi connectivity index (χ1) is 14.7. The van der Waals surface area contributed by atoms with Crippen LogP contribution in [0.25, 0.3) is 0 Å². The van der Waals surface area contributed by atoms with Crippen molar-refractivity contribution >= 4 is 17.6 Å².